The molecule has 3 aliphatic rings. The van der Waals surface area contributed by atoms with Gasteiger partial charge < -0.3 is 19.5 Å². The summed E-state index contributed by atoms with van der Waals surface area (Å²) in [6.07, 6.45) is 2.23. The number of likely N-dealkylation sites (N-methyl/N-ethyl adjacent to an activating group) is 1. The lowest BCUT2D eigenvalue weighted by Gasteiger charge is -2.59. The van der Waals surface area contributed by atoms with E-state index < -0.39 is 11.0 Å². The SMILES string of the molecule is C=C1CC[C@]2(O)[C@H](C)N(C)CC[C@]23c2c(C)ccc(OC)c2O[C@H]13. The van der Waals surface area contributed by atoms with E-state index in [1.165, 1.54) is 0 Å². The second kappa shape index (κ2) is 4.99. The lowest BCUT2D eigenvalue weighted by atomic mass is 9.52. The average Bonchev–Trinajstić information content (AvgIpc) is 2.93. The second-order valence-corrected chi connectivity index (χ2v) is 7.75. The Morgan fingerprint density at radius 1 is 1.38 bits per heavy atom. The van der Waals surface area contributed by atoms with Crippen LogP contribution in [0.25, 0.3) is 0 Å². The largest absolute Gasteiger partial charge is 0.493 e. The summed E-state index contributed by atoms with van der Waals surface area (Å²) in [6.45, 7) is 9.48. The molecule has 1 aromatic carbocycles. The van der Waals surface area contributed by atoms with Crippen LogP contribution >= 0.6 is 0 Å². The summed E-state index contributed by atoms with van der Waals surface area (Å²) < 4.78 is 12.0. The van der Waals surface area contributed by atoms with Gasteiger partial charge in [0.25, 0.3) is 0 Å². The molecule has 4 atom stereocenters. The normalized spacial score (nSPS) is 38.1. The van der Waals surface area contributed by atoms with E-state index in [-0.39, 0.29) is 12.1 Å². The topological polar surface area (TPSA) is 41.9 Å². The molecule has 130 valence electrons. The Morgan fingerprint density at radius 3 is 2.83 bits per heavy atom. The third-order valence-electron chi connectivity index (χ3n) is 6.86. The third kappa shape index (κ3) is 1.66. The molecule has 2 heterocycles. The molecule has 1 saturated heterocycles. The predicted octanol–water partition coefficient (Wildman–Crippen LogP) is 2.81. The maximum absolute atomic E-state index is 11.9. The summed E-state index contributed by atoms with van der Waals surface area (Å²) >= 11 is 0. The van der Waals surface area contributed by atoms with E-state index in [1.54, 1.807) is 7.11 Å². The first-order chi connectivity index (χ1) is 11.4. The van der Waals surface area contributed by atoms with Crippen molar-refractivity contribution < 1.29 is 14.6 Å². The van der Waals surface area contributed by atoms with Gasteiger partial charge in [0.05, 0.1) is 18.1 Å². The van der Waals surface area contributed by atoms with Crippen molar-refractivity contribution >= 4 is 0 Å². The lowest BCUT2D eigenvalue weighted by Crippen LogP contribution is -2.72. The van der Waals surface area contributed by atoms with Gasteiger partial charge in [-0.05, 0) is 63.9 Å². The van der Waals surface area contributed by atoms with E-state index in [4.69, 9.17) is 9.47 Å². The van der Waals surface area contributed by atoms with E-state index in [2.05, 4.69) is 38.4 Å². The van der Waals surface area contributed by atoms with Gasteiger partial charge in [-0.15, -0.1) is 0 Å². The van der Waals surface area contributed by atoms with E-state index >= 15 is 0 Å². The van der Waals surface area contributed by atoms with Gasteiger partial charge in [-0.1, -0.05) is 12.6 Å². The smallest absolute Gasteiger partial charge is 0.166 e. The molecular formula is C20H27NO3. The summed E-state index contributed by atoms with van der Waals surface area (Å²) in [5, 5.41) is 11.9. The second-order valence-electron chi connectivity index (χ2n) is 7.75. The number of fused-ring (bicyclic) bond motifs is 1. The quantitative estimate of drug-likeness (QED) is 0.805. The van der Waals surface area contributed by atoms with Gasteiger partial charge in [0, 0.05) is 11.6 Å². The molecule has 4 rings (SSSR count). The highest BCUT2D eigenvalue weighted by molar-refractivity contribution is 5.61. The van der Waals surface area contributed by atoms with Crippen LogP contribution in [-0.4, -0.2) is 48.5 Å². The minimum Gasteiger partial charge on any atom is -0.493 e. The fourth-order valence-corrected chi connectivity index (χ4v) is 5.39. The van der Waals surface area contributed by atoms with Gasteiger partial charge in [0.15, 0.2) is 11.5 Å². The molecule has 24 heavy (non-hydrogen) atoms. The molecule has 1 spiro atoms. The van der Waals surface area contributed by atoms with Crippen LogP contribution in [0.4, 0.5) is 0 Å². The van der Waals surface area contributed by atoms with Crippen LogP contribution in [0.15, 0.2) is 24.3 Å². The molecule has 1 aromatic rings. The van der Waals surface area contributed by atoms with Gasteiger partial charge in [0.2, 0.25) is 0 Å². The van der Waals surface area contributed by atoms with Crippen LogP contribution in [-0.2, 0) is 5.41 Å². The summed E-state index contributed by atoms with van der Waals surface area (Å²) in [5.74, 6) is 1.56. The van der Waals surface area contributed by atoms with Crippen molar-refractivity contribution in [2.75, 3.05) is 20.7 Å². The van der Waals surface area contributed by atoms with Gasteiger partial charge in [-0.3, -0.25) is 0 Å². The van der Waals surface area contributed by atoms with Crippen LogP contribution in [0.5, 0.6) is 11.5 Å². The number of hydrogen-bond acceptors (Lipinski definition) is 4. The van der Waals surface area contributed by atoms with Crippen LogP contribution < -0.4 is 9.47 Å². The molecule has 0 unspecified atom stereocenters. The molecule has 4 heteroatoms. The summed E-state index contributed by atoms with van der Waals surface area (Å²) in [7, 11) is 3.77. The molecule has 0 amide bonds. The Labute approximate surface area is 144 Å². The fourth-order valence-electron chi connectivity index (χ4n) is 5.39. The van der Waals surface area contributed by atoms with Crippen molar-refractivity contribution in [2.45, 2.75) is 56.3 Å². The van der Waals surface area contributed by atoms with Gasteiger partial charge in [-0.2, -0.15) is 0 Å². The zero-order valence-corrected chi connectivity index (χ0v) is 15.1. The van der Waals surface area contributed by atoms with Crippen molar-refractivity contribution in [1.82, 2.24) is 4.90 Å². The molecule has 0 aromatic heterocycles. The highest BCUT2D eigenvalue weighted by Crippen LogP contribution is 2.63. The summed E-state index contributed by atoms with van der Waals surface area (Å²) in [6, 6.07) is 4.11. The summed E-state index contributed by atoms with van der Waals surface area (Å²) in [4.78, 5) is 2.27. The molecule has 1 N–H and O–H groups in total. The van der Waals surface area contributed by atoms with Gasteiger partial charge in [0.1, 0.15) is 6.10 Å². The maximum Gasteiger partial charge on any atom is 0.166 e. The zero-order valence-electron chi connectivity index (χ0n) is 15.1. The number of likely N-dealkylation sites (tertiary alicyclic amines) is 1. The van der Waals surface area contributed by atoms with Crippen LogP contribution in [0.2, 0.25) is 0 Å². The number of rotatable bonds is 1. The average molecular weight is 329 g/mol. The Hall–Kier alpha value is -1.52. The van der Waals surface area contributed by atoms with Crippen molar-refractivity contribution in [1.29, 1.82) is 0 Å². The number of aryl methyl sites for hydroxylation is 1. The van der Waals surface area contributed by atoms with Crippen molar-refractivity contribution in [3.8, 4) is 11.5 Å². The minimum absolute atomic E-state index is 0.0713. The molecule has 2 fully saturated rings. The Morgan fingerprint density at radius 2 is 2.12 bits per heavy atom. The third-order valence-corrected chi connectivity index (χ3v) is 6.86. The summed E-state index contributed by atoms with van der Waals surface area (Å²) in [5.41, 5.74) is 2.14. The maximum atomic E-state index is 11.9. The van der Waals surface area contributed by atoms with E-state index in [9.17, 15) is 5.11 Å². The first-order valence-electron chi connectivity index (χ1n) is 8.82. The Kier molecular flexibility index (Phi) is 3.32. The predicted molar refractivity (Wildman–Crippen MR) is 93.9 cm³/mol. The molecule has 1 aliphatic carbocycles. The Balaban J connectivity index is 2.02. The first kappa shape index (κ1) is 16.0. The van der Waals surface area contributed by atoms with Crippen LogP contribution in [0, 0.1) is 6.92 Å². The number of ether oxygens (including phenoxy) is 2. The highest BCUT2D eigenvalue weighted by atomic mass is 16.5. The fraction of sp³-hybridized carbons (Fsp3) is 0.600. The van der Waals surface area contributed by atoms with Crippen LogP contribution in [0.3, 0.4) is 0 Å². The number of methoxy groups -OCH3 is 1. The number of aliphatic hydroxyl groups is 1. The number of hydrogen-bond donors (Lipinski definition) is 1. The molecule has 2 aliphatic heterocycles. The number of piperidine rings is 1. The van der Waals surface area contributed by atoms with Crippen molar-refractivity contribution in [2.24, 2.45) is 0 Å². The van der Waals surface area contributed by atoms with E-state index in [0.29, 0.717) is 0 Å². The molecular weight excluding hydrogens is 302 g/mol. The molecule has 0 radical (unpaired) electrons. The minimum atomic E-state index is -0.825. The molecule has 4 nitrogen and oxygen atoms in total. The van der Waals surface area contributed by atoms with Crippen molar-refractivity contribution in [3.05, 3.63) is 35.4 Å². The standard InChI is InChI=1S/C20H27NO3/c1-12-6-7-15(23-5)17-16(12)19-10-11-21(4)14(3)20(19,22)9-8-13(2)18(19)24-17/h6-7,14,18,22H,2,8-11H2,1,3-5H3/t14-,18+,19+,20-/m0/s1. The van der Waals surface area contributed by atoms with Gasteiger partial charge in [-0.25, -0.2) is 0 Å². The Bertz CT molecular complexity index is 715. The molecule has 1 saturated carbocycles. The van der Waals surface area contributed by atoms with Crippen molar-refractivity contribution in [3.63, 3.8) is 0 Å². The monoisotopic (exact) mass is 329 g/mol. The highest BCUT2D eigenvalue weighted by Gasteiger charge is 2.68. The van der Waals surface area contributed by atoms with Gasteiger partial charge >= 0.3 is 0 Å². The number of nitrogens with zero attached hydrogens (tertiary/aromatic N) is 1. The van der Waals surface area contributed by atoms with Crippen LogP contribution in [0.1, 0.15) is 37.3 Å². The van der Waals surface area contributed by atoms with E-state index in [1.807, 2.05) is 6.07 Å². The zero-order chi connectivity index (χ0) is 17.3. The molecule has 0 bridgehead atoms. The number of benzene rings is 1. The first-order valence-corrected chi connectivity index (χ1v) is 8.82. The van der Waals surface area contributed by atoms with E-state index in [0.717, 1.165) is 54.0 Å². The lowest BCUT2D eigenvalue weighted by molar-refractivity contribution is -0.158.